The second-order valence-corrected chi connectivity index (χ2v) is 7.55. The number of nitrogens with two attached hydrogens (primary N) is 1. The Balaban J connectivity index is 1.38. The quantitative estimate of drug-likeness (QED) is 0.678. The van der Waals surface area contributed by atoms with Crippen molar-refractivity contribution in [1.29, 1.82) is 0 Å². The van der Waals surface area contributed by atoms with Crippen LogP contribution in [0.25, 0.3) is 10.9 Å². The van der Waals surface area contributed by atoms with Crippen LogP contribution in [0.3, 0.4) is 0 Å². The lowest BCUT2D eigenvalue weighted by atomic mass is 10.1. The first kappa shape index (κ1) is 19.2. The minimum atomic E-state index is -0.366. The van der Waals surface area contributed by atoms with Crippen molar-refractivity contribution in [2.75, 3.05) is 13.1 Å². The summed E-state index contributed by atoms with van der Waals surface area (Å²) in [6, 6.07) is 7.85. The zero-order valence-corrected chi connectivity index (χ0v) is 16.5. The molecule has 0 unspecified atom stereocenters. The summed E-state index contributed by atoms with van der Waals surface area (Å²) in [7, 11) is 1.72. The molecule has 29 heavy (non-hydrogen) atoms. The minimum Gasteiger partial charge on any atom is -0.490 e. The summed E-state index contributed by atoms with van der Waals surface area (Å²) in [6.07, 6.45) is 7.37. The van der Waals surface area contributed by atoms with Crippen LogP contribution in [0.4, 0.5) is 0 Å². The van der Waals surface area contributed by atoms with Crippen molar-refractivity contribution in [2.45, 2.75) is 32.0 Å². The van der Waals surface area contributed by atoms with Crippen LogP contribution >= 0.6 is 0 Å². The predicted octanol–water partition coefficient (Wildman–Crippen LogP) is 1.26. The van der Waals surface area contributed by atoms with Crippen LogP contribution in [-0.2, 0) is 24.9 Å². The van der Waals surface area contributed by atoms with Gasteiger partial charge in [-0.15, -0.1) is 0 Å². The molecule has 8 heteroatoms. The van der Waals surface area contributed by atoms with E-state index in [1.807, 2.05) is 41.2 Å². The lowest BCUT2D eigenvalue weighted by Gasteiger charge is -2.32. The second kappa shape index (κ2) is 8.08. The number of hydrogen-bond donors (Lipinski definition) is 1. The number of piperidine rings is 1. The molecule has 4 rings (SSSR count). The summed E-state index contributed by atoms with van der Waals surface area (Å²) in [5, 5.41) is 0.993. The predicted molar refractivity (Wildman–Crippen MR) is 110 cm³/mol. The van der Waals surface area contributed by atoms with Crippen molar-refractivity contribution in [3.8, 4) is 5.75 Å². The van der Waals surface area contributed by atoms with Gasteiger partial charge in [-0.1, -0.05) is 6.07 Å². The van der Waals surface area contributed by atoms with E-state index in [-0.39, 0.29) is 24.2 Å². The molecule has 1 aliphatic rings. The van der Waals surface area contributed by atoms with Gasteiger partial charge in [0.1, 0.15) is 18.4 Å². The monoisotopic (exact) mass is 395 g/mol. The summed E-state index contributed by atoms with van der Waals surface area (Å²) in [4.78, 5) is 28.9. The van der Waals surface area contributed by atoms with Crippen molar-refractivity contribution in [1.82, 2.24) is 19.0 Å². The Kier molecular flexibility index (Phi) is 5.35. The molecule has 152 valence electrons. The largest absolute Gasteiger partial charge is 0.490 e. The van der Waals surface area contributed by atoms with Crippen LogP contribution in [0.15, 0.2) is 47.7 Å². The number of carbonyl (C=O) groups excluding carboxylic acids is 1. The van der Waals surface area contributed by atoms with Crippen LogP contribution in [0.5, 0.6) is 5.75 Å². The summed E-state index contributed by atoms with van der Waals surface area (Å²) in [5.74, 6) is 0.473. The molecule has 1 fully saturated rings. The summed E-state index contributed by atoms with van der Waals surface area (Å²) >= 11 is 0. The molecule has 1 aliphatic heterocycles. The number of aryl methyl sites for hydroxylation is 1. The lowest BCUT2D eigenvalue weighted by Crippen LogP contribution is -2.38. The van der Waals surface area contributed by atoms with E-state index in [0.717, 1.165) is 54.7 Å². The molecule has 0 spiro atoms. The SMILES string of the molecule is Cn1cc(CN2CCC(Oc3cccc4c3ccn4CC(N)=O)CC2)cnc1=O. The average Bonchev–Trinajstić information content (AvgIpc) is 3.10. The molecule has 0 radical (unpaired) electrons. The number of likely N-dealkylation sites (tertiary alicyclic amines) is 1. The Morgan fingerprint density at radius 3 is 2.79 bits per heavy atom. The molecule has 3 aromatic rings. The fourth-order valence-electron chi connectivity index (χ4n) is 3.87. The van der Waals surface area contributed by atoms with Crippen molar-refractivity contribution in [2.24, 2.45) is 12.8 Å². The van der Waals surface area contributed by atoms with Gasteiger partial charge < -0.3 is 19.6 Å². The number of hydrogen-bond acceptors (Lipinski definition) is 5. The van der Waals surface area contributed by atoms with Crippen molar-refractivity contribution in [3.63, 3.8) is 0 Å². The number of carbonyl (C=O) groups is 1. The molecule has 0 aliphatic carbocycles. The Bertz CT molecular complexity index is 1080. The molecule has 0 atom stereocenters. The normalized spacial score (nSPS) is 15.6. The highest BCUT2D eigenvalue weighted by molar-refractivity contribution is 5.87. The van der Waals surface area contributed by atoms with Crippen LogP contribution in [-0.4, -0.2) is 44.1 Å². The zero-order chi connectivity index (χ0) is 20.4. The van der Waals surface area contributed by atoms with E-state index in [2.05, 4.69) is 9.88 Å². The number of amides is 1. The van der Waals surface area contributed by atoms with E-state index in [4.69, 9.17) is 10.5 Å². The molecule has 1 saturated heterocycles. The number of aromatic nitrogens is 3. The van der Waals surface area contributed by atoms with E-state index in [1.165, 1.54) is 4.57 Å². The van der Waals surface area contributed by atoms with Gasteiger partial charge >= 0.3 is 5.69 Å². The molecule has 2 aromatic heterocycles. The Hall–Kier alpha value is -3.13. The van der Waals surface area contributed by atoms with E-state index in [0.29, 0.717) is 0 Å². The molecule has 2 N–H and O–H groups in total. The minimum absolute atomic E-state index is 0.148. The van der Waals surface area contributed by atoms with E-state index in [9.17, 15) is 9.59 Å². The zero-order valence-electron chi connectivity index (χ0n) is 16.5. The first-order valence-electron chi connectivity index (χ1n) is 9.76. The summed E-state index contributed by atoms with van der Waals surface area (Å²) in [5.41, 5.74) is 7.07. The Morgan fingerprint density at radius 2 is 2.07 bits per heavy atom. The van der Waals surface area contributed by atoms with Crippen LogP contribution in [0.2, 0.25) is 0 Å². The van der Waals surface area contributed by atoms with Crippen LogP contribution < -0.4 is 16.2 Å². The highest BCUT2D eigenvalue weighted by Crippen LogP contribution is 2.29. The number of rotatable bonds is 6. The topological polar surface area (TPSA) is 95.4 Å². The number of nitrogens with zero attached hydrogens (tertiary/aromatic N) is 4. The van der Waals surface area contributed by atoms with Crippen molar-refractivity contribution < 1.29 is 9.53 Å². The average molecular weight is 395 g/mol. The van der Waals surface area contributed by atoms with Gasteiger partial charge in [0, 0.05) is 56.2 Å². The molecule has 1 aromatic carbocycles. The fraction of sp³-hybridized carbons (Fsp3) is 0.381. The molecular formula is C21H25N5O3. The van der Waals surface area contributed by atoms with E-state index in [1.54, 1.807) is 13.2 Å². The van der Waals surface area contributed by atoms with Gasteiger partial charge in [0.25, 0.3) is 0 Å². The molecule has 8 nitrogen and oxygen atoms in total. The van der Waals surface area contributed by atoms with Gasteiger partial charge in [-0.3, -0.25) is 9.69 Å². The van der Waals surface area contributed by atoms with Gasteiger partial charge in [-0.05, 0) is 31.0 Å². The van der Waals surface area contributed by atoms with Gasteiger partial charge in [0.05, 0.1) is 5.52 Å². The van der Waals surface area contributed by atoms with Crippen molar-refractivity contribution in [3.05, 3.63) is 58.9 Å². The Morgan fingerprint density at radius 1 is 1.28 bits per heavy atom. The maximum absolute atomic E-state index is 11.4. The van der Waals surface area contributed by atoms with E-state index < -0.39 is 0 Å². The van der Waals surface area contributed by atoms with Crippen molar-refractivity contribution >= 4 is 16.8 Å². The van der Waals surface area contributed by atoms with Gasteiger partial charge in [-0.2, -0.15) is 0 Å². The number of primary amides is 1. The first-order valence-corrected chi connectivity index (χ1v) is 9.76. The lowest BCUT2D eigenvalue weighted by molar-refractivity contribution is -0.118. The molecular weight excluding hydrogens is 370 g/mol. The highest BCUT2D eigenvalue weighted by Gasteiger charge is 2.22. The molecule has 0 saturated carbocycles. The Labute approximate surface area is 168 Å². The number of benzene rings is 1. The van der Waals surface area contributed by atoms with Gasteiger partial charge in [-0.25, -0.2) is 9.78 Å². The first-order chi connectivity index (χ1) is 14.0. The van der Waals surface area contributed by atoms with Gasteiger partial charge in [0.15, 0.2) is 0 Å². The number of fused-ring (bicyclic) bond motifs is 1. The fourth-order valence-corrected chi connectivity index (χ4v) is 3.87. The molecule has 1 amide bonds. The van der Waals surface area contributed by atoms with Crippen LogP contribution in [0.1, 0.15) is 18.4 Å². The smallest absolute Gasteiger partial charge is 0.347 e. The summed E-state index contributed by atoms with van der Waals surface area (Å²) in [6.45, 7) is 2.78. The third-order valence-electron chi connectivity index (χ3n) is 5.34. The highest BCUT2D eigenvalue weighted by atomic mass is 16.5. The molecule has 0 bridgehead atoms. The number of ether oxygens (including phenoxy) is 1. The van der Waals surface area contributed by atoms with Crippen LogP contribution in [0, 0.1) is 0 Å². The maximum Gasteiger partial charge on any atom is 0.347 e. The third-order valence-corrected chi connectivity index (χ3v) is 5.34. The summed E-state index contributed by atoms with van der Waals surface area (Å²) < 4.78 is 9.66. The standard InChI is InChI=1S/C21H25N5O3/c1-24-12-15(11-23-21(24)28)13-25-8-5-16(6-9-25)29-19-4-2-3-18-17(19)7-10-26(18)14-20(22)27/h2-4,7,10-12,16H,5-6,8-9,13-14H2,1H3,(H2,22,27). The third kappa shape index (κ3) is 4.32. The maximum atomic E-state index is 11.4. The second-order valence-electron chi connectivity index (χ2n) is 7.55. The van der Waals surface area contributed by atoms with E-state index >= 15 is 0 Å². The molecule has 3 heterocycles. The van der Waals surface area contributed by atoms with Gasteiger partial charge in [0.2, 0.25) is 5.91 Å².